The van der Waals surface area contributed by atoms with Crippen LogP contribution in [0, 0.1) is 0 Å². The van der Waals surface area contributed by atoms with E-state index >= 15 is 0 Å². The maximum Gasteiger partial charge on any atom is 0.271 e. The van der Waals surface area contributed by atoms with Crippen molar-refractivity contribution in [2.75, 3.05) is 33.4 Å². The highest BCUT2D eigenvalue weighted by Gasteiger charge is 2.19. The van der Waals surface area contributed by atoms with Gasteiger partial charge in [0.15, 0.2) is 0 Å². The number of aromatic amines is 1. The minimum absolute atomic E-state index is 0.0350. The van der Waals surface area contributed by atoms with Crippen molar-refractivity contribution in [2.24, 2.45) is 0 Å². The smallest absolute Gasteiger partial charge is 0.271 e. The summed E-state index contributed by atoms with van der Waals surface area (Å²) in [5, 5.41) is 7.08. The highest BCUT2D eigenvalue weighted by atomic mass is 16.5. The van der Waals surface area contributed by atoms with E-state index in [-0.39, 0.29) is 5.91 Å². The summed E-state index contributed by atoms with van der Waals surface area (Å²) in [6, 6.07) is 9.38. The van der Waals surface area contributed by atoms with Gasteiger partial charge in [0.1, 0.15) is 11.4 Å². The number of H-pyrrole nitrogens is 1. The third kappa shape index (κ3) is 3.12. The van der Waals surface area contributed by atoms with E-state index in [0.29, 0.717) is 32.0 Å². The Balaban J connectivity index is 1.79. The third-order valence-corrected chi connectivity index (χ3v) is 3.68. The summed E-state index contributed by atoms with van der Waals surface area (Å²) in [6.45, 7) is 2.63. The van der Waals surface area contributed by atoms with E-state index in [1.165, 1.54) is 0 Å². The van der Waals surface area contributed by atoms with Gasteiger partial charge in [0.05, 0.1) is 19.4 Å². The van der Waals surface area contributed by atoms with Crippen molar-refractivity contribution in [2.45, 2.75) is 6.42 Å². The summed E-state index contributed by atoms with van der Waals surface area (Å²) in [5.74, 6) is 0.727. The molecule has 6 heteroatoms. The van der Waals surface area contributed by atoms with Crippen molar-refractivity contribution in [3.05, 3.63) is 36.0 Å². The first-order valence-electron chi connectivity index (χ1n) is 7.35. The van der Waals surface area contributed by atoms with Crippen LogP contribution in [0.25, 0.3) is 11.3 Å². The van der Waals surface area contributed by atoms with Crippen LogP contribution in [0.15, 0.2) is 30.3 Å². The standard InChI is InChI=1S/C16H19N3O3/c1-21-13-5-2-4-12(10-13)14-11-15(18-17-14)16(20)19-6-3-8-22-9-7-19/h2,4-5,10-11H,3,6-9H2,1H3,(H,17,18). The number of aromatic nitrogens is 2. The van der Waals surface area contributed by atoms with Crippen LogP contribution in [0.3, 0.4) is 0 Å². The molecule has 6 nitrogen and oxygen atoms in total. The first-order valence-corrected chi connectivity index (χ1v) is 7.35. The highest BCUT2D eigenvalue weighted by molar-refractivity contribution is 5.93. The highest BCUT2D eigenvalue weighted by Crippen LogP contribution is 2.23. The topological polar surface area (TPSA) is 67.4 Å². The molecule has 0 unspecified atom stereocenters. The Morgan fingerprint density at radius 3 is 3.09 bits per heavy atom. The summed E-state index contributed by atoms with van der Waals surface area (Å²) in [6.07, 6.45) is 0.864. The Labute approximate surface area is 129 Å². The molecular formula is C16H19N3O3. The molecule has 116 valence electrons. The Kier molecular flexibility index (Phi) is 4.39. The number of hydrogen-bond donors (Lipinski definition) is 1. The van der Waals surface area contributed by atoms with Crippen LogP contribution in [0.1, 0.15) is 16.9 Å². The predicted octanol–water partition coefficient (Wildman–Crippen LogP) is 1.95. The quantitative estimate of drug-likeness (QED) is 0.941. The lowest BCUT2D eigenvalue weighted by atomic mass is 10.1. The van der Waals surface area contributed by atoms with Crippen molar-refractivity contribution in [3.8, 4) is 17.0 Å². The fraction of sp³-hybridized carbons (Fsp3) is 0.375. The van der Waals surface area contributed by atoms with Crippen LogP contribution in [-0.4, -0.2) is 54.4 Å². The normalized spacial score (nSPS) is 15.4. The molecule has 1 amide bonds. The predicted molar refractivity (Wildman–Crippen MR) is 81.9 cm³/mol. The number of ether oxygens (including phenoxy) is 2. The molecule has 1 aliphatic heterocycles. The minimum atomic E-state index is -0.0350. The SMILES string of the molecule is COc1cccc(-c2cc(C(=O)N3CCCOCC3)[nH]n2)c1. The largest absolute Gasteiger partial charge is 0.497 e. The molecule has 1 N–H and O–H groups in total. The van der Waals surface area contributed by atoms with Crippen LogP contribution < -0.4 is 4.74 Å². The molecule has 0 spiro atoms. The van der Waals surface area contributed by atoms with Gasteiger partial charge in [-0.3, -0.25) is 9.89 Å². The van der Waals surface area contributed by atoms with Crippen LogP contribution in [-0.2, 0) is 4.74 Å². The zero-order valence-corrected chi connectivity index (χ0v) is 12.5. The lowest BCUT2D eigenvalue weighted by Crippen LogP contribution is -2.33. The van der Waals surface area contributed by atoms with Gasteiger partial charge in [0.25, 0.3) is 5.91 Å². The lowest BCUT2D eigenvalue weighted by molar-refractivity contribution is 0.0735. The van der Waals surface area contributed by atoms with Gasteiger partial charge in [-0.1, -0.05) is 12.1 Å². The zero-order valence-electron chi connectivity index (χ0n) is 12.5. The van der Waals surface area contributed by atoms with E-state index < -0.39 is 0 Å². The molecule has 0 radical (unpaired) electrons. The van der Waals surface area contributed by atoms with Gasteiger partial charge in [-0.25, -0.2) is 0 Å². The number of nitrogens with zero attached hydrogens (tertiary/aromatic N) is 2. The molecular weight excluding hydrogens is 282 g/mol. The van der Waals surface area contributed by atoms with Crippen LogP contribution >= 0.6 is 0 Å². The number of nitrogens with one attached hydrogen (secondary N) is 1. The average molecular weight is 301 g/mol. The second kappa shape index (κ2) is 6.62. The number of hydrogen-bond acceptors (Lipinski definition) is 4. The van der Waals surface area contributed by atoms with E-state index in [1.54, 1.807) is 18.1 Å². The molecule has 2 heterocycles. The van der Waals surface area contributed by atoms with Gasteiger partial charge in [-0.05, 0) is 24.6 Å². The van der Waals surface area contributed by atoms with Gasteiger partial charge in [-0.2, -0.15) is 5.10 Å². The van der Waals surface area contributed by atoms with E-state index in [0.717, 1.165) is 23.4 Å². The van der Waals surface area contributed by atoms with E-state index in [9.17, 15) is 4.79 Å². The van der Waals surface area contributed by atoms with Gasteiger partial charge in [-0.15, -0.1) is 0 Å². The number of rotatable bonds is 3. The molecule has 0 saturated carbocycles. The maximum atomic E-state index is 12.5. The van der Waals surface area contributed by atoms with Crippen molar-refractivity contribution in [3.63, 3.8) is 0 Å². The zero-order chi connectivity index (χ0) is 15.4. The van der Waals surface area contributed by atoms with Crippen molar-refractivity contribution in [1.82, 2.24) is 15.1 Å². The van der Waals surface area contributed by atoms with Crippen molar-refractivity contribution < 1.29 is 14.3 Å². The first kappa shape index (κ1) is 14.6. The Hall–Kier alpha value is -2.34. The molecule has 0 bridgehead atoms. The Bertz CT molecular complexity index is 646. The third-order valence-electron chi connectivity index (χ3n) is 3.68. The van der Waals surface area contributed by atoms with Gasteiger partial charge in [0.2, 0.25) is 0 Å². The average Bonchev–Trinajstić information content (AvgIpc) is 2.90. The van der Waals surface area contributed by atoms with Crippen LogP contribution in [0.4, 0.5) is 0 Å². The second-order valence-electron chi connectivity index (χ2n) is 5.16. The number of amides is 1. The van der Waals surface area contributed by atoms with E-state index in [4.69, 9.17) is 9.47 Å². The fourth-order valence-electron chi connectivity index (χ4n) is 2.48. The van der Waals surface area contributed by atoms with E-state index in [1.807, 2.05) is 24.3 Å². The number of carbonyl (C=O) groups excluding carboxylic acids is 1. The van der Waals surface area contributed by atoms with E-state index in [2.05, 4.69) is 10.2 Å². The second-order valence-corrected chi connectivity index (χ2v) is 5.16. The number of carbonyl (C=O) groups is 1. The Morgan fingerprint density at radius 1 is 1.32 bits per heavy atom. The van der Waals surface area contributed by atoms with Crippen LogP contribution in [0.2, 0.25) is 0 Å². The molecule has 1 aromatic carbocycles. The van der Waals surface area contributed by atoms with Crippen molar-refractivity contribution in [1.29, 1.82) is 0 Å². The summed E-state index contributed by atoms with van der Waals surface area (Å²) in [5.41, 5.74) is 2.14. The summed E-state index contributed by atoms with van der Waals surface area (Å²) in [7, 11) is 1.63. The molecule has 22 heavy (non-hydrogen) atoms. The molecule has 2 aromatic rings. The molecule has 0 aliphatic carbocycles. The first-order chi connectivity index (χ1) is 10.8. The maximum absolute atomic E-state index is 12.5. The fourth-order valence-corrected chi connectivity index (χ4v) is 2.48. The molecule has 0 atom stereocenters. The van der Waals surface area contributed by atoms with Gasteiger partial charge in [0, 0.05) is 25.3 Å². The number of methoxy groups -OCH3 is 1. The molecule has 1 saturated heterocycles. The minimum Gasteiger partial charge on any atom is -0.497 e. The van der Waals surface area contributed by atoms with Crippen LogP contribution in [0.5, 0.6) is 5.75 Å². The number of benzene rings is 1. The summed E-state index contributed by atoms with van der Waals surface area (Å²) in [4.78, 5) is 14.3. The molecule has 3 rings (SSSR count). The molecule has 1 aromatic heterocycles. The monoisotopic (exact) mass is 301 g/mol. The molecule has 1 aliphatic rings. The van der Waals surface area contributed by atoms with Crippen molar-refractivity contribution >= 4 is 5.91 Å². The lowest BCUT2D eigenvalue weighted by Gasteiger charge is -2.18. The van der Waals surface area contributed by atoms with Gasteiger partial charge >= 0.3 is 0 Å². The summed E-state index contributed by atoms with van der Waals surface area (Å²) < 4.78 is 10.6. The summed E-state index contributed by atoms with van der Waals surface area (Å²) >= 11 is 0. The van der Waals surface area contributed by atoms with Gasteiger partial charge < -0.3 is 14.4 Å². The Morgan fingerprint density at radius 2 is 2.23 bits per heavy atom. The molecule has 1 fully saturated rings.